The van der Waals surface area contributed by atoms with Crippen molar-refractivity contribution in [2.75, 3.05) is 32.8 Å². The maximum absolute atomic E-state index is 12.2. The molecule has 0 radical (unpaired) electrons. The van der Waals surface area contributed by atoms with Gasteiger partial charge in [0, 0.05) is 17.3 Å². The number of carbonyl (C=O) groups excluding carboxylic acids is 1. The van der Waals surface area contributed by atoms with Crippen LogP contribution in [0.15, 0.2) is 48.5 Å². The van der Waals surface area contributed by atoms with Gasteiger partial charge in [-0.2, -0.15) is 0 Å². The fraction of sp³-hybridized carbons (Fsp3) is 0.286. The third-order valence-electron chi connectivity index (χ3n) is 4.09. The second kappa shape index (κ2) is 9.21. The minimum atomic E-state index is -0.377. The monoisotopic (exact) mass is 369 g/mol. The molecular weight excluding hydrogens is 346 g/mol. The van der Waals surface area contributed by atoms with Gasteiger partial charge in [0.05, 0.1) is 27.4 Å². The molecule has 1 amide bonds. The number of hydrogen-bond acceptors (Lipinski definition) is 5. The predicted octanol–water partition coefficient (Wildman–Crippen LogP) is 3.79. The van der Waals surface area contributed by atoms with E-state index in [1.165, 1.54) is 6.08 Å². The summed E-state index contributed by atoms with van der Waals surface area (Å²) in [7, 11) is 3.16. The van der Waals surface area contributed by atoms with Crippen LogP contribution in [-0.2, 0) is 14.3 Å². The third kappa shape index (κ3) is 5.09. The normalized spacial score (nSPS) is 14.9. The Morgan fingerprint density at radius 1 is 1.07 bits per heavy atom. The fourth-order valence-electron chi connectivity index (χ4n) is 2.76. The Morgan fingerprint density at radius 3 is 2.59 bits per heavy atom. The number of anilines is 1. The Kier molecular flexibility index (Phi) is 6.46. The van der Waals surface area contributed by atoms with Crippen LogP contribution in [0.1, 0.15) is 23.8 Å². The number of rotatable bonds is 6. The van der Waals surface area contributed by atoms with E-state index in [9.17, 15) is 4.79 Å². The molecule has 2 aromatic carbocycles. The quantitative estimate of drug-likeness (QED) is 0.785. The number of hydrogen-bond donors (Lipinski definition) is 1. The van der Waals surface area contributed by atoms with Gasteiger partial charge < -0.3 is 24.3 Å². The molecule has 1 aliphatic heterocycles. The smallest absolute Gasteiger partial charge is 0.248 e. The van der Waals surface area contributed by atoms with E-state index >= 15 is 0 Å². The van der Waals surface area contributed by atoms with Crippen molar-refractivity contribution in [3.05, 3.63) is 59.7 Å². The van der Waals surface area contributed by atoms with Crippen LogP contribution in [-0.4, -0.2) is 33.3 Å². The van der Waals surface area contributed by atoms with E-state index in [1.807, 2.05) is 30.3 Å². The van der Waals surface area contributed by atoms with Crippen LogP contribution < -0.4 is 14.8 Å². The van der Waals surface area contributed by atoms with Crippen LogP contribution in [0.2, 0.25) is 0 Å². The molecule has 0 aromatic heterocycles. The minimum absolute atomic E-state index is 0.229. The molecule has 6 nitrogen and oxygen atoms in total. The van der Waals surface area contributed by atoms with Gasteiger partial charge in [-0.3, -0.25) is 4.79 Å². The molecule has 1 saturated heterocycles. The maximum Gasteiger partial charge on any atom is 0.248 e. The average molecular weight is 369 g/mol. The number of methoxy groups -OCH3 is 2. The van der Waals surface area contributed by atoms with E-state index in [4.69, 9.17) is 18.9 Å². The lowest BCUT2D eigenvalue weighted by Crippen LogP contribution is -2.18. The summed E-state index contributed by atoms with van der Waals surface area (Å²) < 4.78 is 21.7. The molecular formula is C21H23NO5. The lowest BCUT2D eigenvalue weighted by Gasteiger charge is -2.23. The molecule has 0 bridgehead atoms. The zero-order valence-electron chi connectivity index (χ0n) is 15.4. The summed E-state index contributed by atoms with van der Waals surface area (Å²) in [5.41, 5.74) is 2.41. The molecule has 27 heavy (non-hydrogen) atoms. The van der Waals surface area contributed by atoms with Crippen LogP contribution in [0.5, 0.6) is 11.5 Å². The summed E-state index contributed by atoms with van der Waals surface area (Å²) in [6.45, 7) is 1.35. The standard InChI is InChI=1S/C21H23NO5/c1-24-18-9-7-15(13-19(18)25-2)8-10-20(23)22-17-6-3-5-16(14-17)21-26-11-4-12-27-21/h3,5-10,13-14,21H,4,11-12H2,1-2H3,(H,22,23)/b10-8+. The Balaban J connectivity index is 1.64. The predicted molar refractivity (Wildman–Crippen MR) is 103 cm³/mol. The van der Waals surface area contributed by atoms with Gasteiger partial charge in [-0.1, -0.05) is 18.2 Å². The largest absolute Gasteiger partial charge is 0.493 e. The Labute approximate surface area is 158 Å². The van der Waals surface area contributed by atoms with Crippen molar-refractivity contribution in [2.45, 2.75) is 12.7 Å². The highest BCUT2D eigenvalue weighted by atomic mass is 16.7. The van der Waals surface area contributed by atoms with E-state index in [1.54, 1.807) is 32.4 Å². The molecule has 142 valence electrons. The number of amides is 1. The van der Waals surface area contributed by atoms with E-state index in [0.717, 1.165) is 17.5 Å². The number of nitrogens with one attached hydrogen (secondary N) is 1. The van der Waals surface area contributed by atoms with Crippen molar-refractivity contribution >= 4 is 17.7 Å². The van der Waals surface area contributed by atoms with Crippen molar-refractivity contribution in [2.24, 2.45) is 0 Å². The Hall–Kier alpha value is -2.83. The molecule has 0 saturated carbocycles. The Bertz CT molecular complexity index is 812. The van der Waals surface area contributed by atoms with Crippen molar-refractivity contribution in [1.82, 2.24) is 0 Å². The van der Waals surface area contributed by atoms with Crippen LogP contribution in [0.25, 0.3) is 6.08 Å². The molecule has 0 spiro atoms. The van der Waals surface area contributed by atoms with Gasteiger partial charge >= 0.3 is 0 Å². The summed E-state index contributed by atoms with van der Waals surface area (Å²) in [4.78, 5) is 12.2. The molecule has 3 rings (SSSR count). The molecule has 1 aliphatic rings. The number of carbonyl (C=O) groups is 1. The first kappa shape index (κ1) is 18.9. The average Bonchev–Trinajstić information content (AvgIpc) is 2.73. The lowest BCUT2D eigenvalue weighted by molar-refractivity contribution is -0.183. The molecule has 6 heteroatoms. The van der Waals surface area contributed by atoms with Crippen LogP contribution in [0, 0.1) is 0 Å². The first-order chi connectivity index (χ1) is 13.2. The van der Waals surface area contributed by atoms with Crippen molar-refractivity contribution in [3.63, 3.8) is 0 Å². The molecule has 0 atom stereocenters. The highest BCUT2D eigenvalue weighted by molar-refractivity contribution is 6.02. The van der Waals surface area contributed by atoms with Gasteiger partial charge in [0.15, 0.2) is 17.8 Å². The number of benzene rings is 2. The van der Waals surface area contributed by atoms with Gasteiger partial charge in [0.2, 0.25) is 5.91 Å². The highest BCUT2D eigenvalue weighted by Gasteiger charge is 2.16. The second-order valence-electron chi connectivity index (χ2n) is 5.99. The fourth-order valence-corrected chi connectivity index (χ4v) is 2.76. The molecule has 2 aromatic rings. The Morgan fingerprint density at radius 2 is 1.85 bits per heavy atom. The van der Waals surface area contributed by atoms with Crippen LogP contribution in [0.4, 0.5) is 5.69 Å². The van der Waals surface area contributed by atoms with Crippen molar-refractivity contribution in [1.29, 1.82) is 0 Å². The zero-order valence-corrected chi connectivity index (χ0v) is 15.4. The van der Waals surface area contributed by atoms with E-state index in [2.05, 4.69) is 5.32 Å². The van der Waals surface area contributed by atoms with Gasteiger partial charge in [0.1, 0.15) is 0 Å². The first-order valence-corrected chi connectivity index (χ1v) is 8.74. The van der Waals surface area contributed by atoms with Gasteiger partial charge in [-0.15, -0.1) is 0 Å². The van der Waals surface area contributed by atoms with E-state index in [-0.39, 0.29) is 12.2 Å². The van der Waals surface area contributed by atoms with E-state index in [0.29, 0.717) is 30.4 Å². The second-order valence-corrected chi connectivity index (χ2v) is 5.99. The van der Waals surface area contributed by atoms with Gasteiger partial charge in [-0.25, -0.2) is 0 Å². The van der Waals surface area contributed by atoms with Crippen LogP contribution in [0.3, 0.4) is 0 Å². The van der Waals surface area contributed by atoms with Gasteiger partial charge in [-0.05, 0) is 42.3 Å². The minimum Gasteiger partial charge on any atom is -0.493 e. The van der Waals surface area contributed by atoms with E-state index < -0.39 is 0 Å². The van der Waals surface area contributed by atoms with Crippen LogP contribution >= 0.6 is 0 Å². The lowest BCUT2D eigenvalue weighted by atomic mass is 10.1. The summed E-state index contributed by atoms with van der Waals surface area (Å²) in [5.74, 6) is 1.02. The molecule has 1 fully saturated rings. The summed E-state index contributed by atoms with van der Waals surface area (Å²) >= 11 is 0. The molecule has 1 N–H and O–H groups in total. The van der Waals surface area contributed by atoms with Crippen molar-refractivity contribution < 1.29 is 23.7 Å². The topological polar surface area (TPSA) is 66.0 Å². The molecule has 0 aliphatic carbocycles. The molecule has 0 unspecified atom stereocenters. The summed E-state index contributed by atoms with van der Waals surface area (Å²) in [6, 6.07) is 12.9. The third-order valence-corrected chi connectivity index (χ3v) is 4.09. The SMILES string of the molecule is COc1ccc(/C=C/C(=O)Nc2cccc(C3OCCCO3)c2)cc1OC. The summed E-state index contributed by atoms with van der Waals surface area (Å²) in [5, 5.41) is 2.85. The maximum atomic E-state index is 12.2. The van der Waals surface area contributed by atoms with Gasteiger partial charge in [0.25, 0.3) is 0 Å². The highest BCUT2D eigenvalue weighted by Crippen LogP contribution is 2.28. The molecule has 1 heterocycles. The van der Waals surface area contributed by atoms with Crippen molar-refractivity contribution in [3.8, 4) is 11.5 Å². The first-order valence-electron chi connectivity index (χ1n) is 8.74. The zero-order chi connectivity index (χ0) is 19.1. The summed E-state index contributed by atoms with van der Waals surface area (Å²) in [6.07, 6.45) is 3.71. The number of ether oxygens (including phenoxy) is 4.